The molecule has 1 aliphatic rings. The monoisotopic (exact) mass is 239 g/mol. The number of rotatable bonds is 4. The molecule has 0 heterocycles. The molecule has 17 heavy (non-hydrogen) atoms. The minimum atomic E-state index is -0.850. The van der Waals surface area contributed by atoms with Crippen LogP contribution in [0.2, 0.25) is 0 Å². The number of carboxylic acid groups (broad SMARTS) is 1. The molecule has 3 atom stereocenters. The Hall–Kier alpha value is -1.32. The van der Waals surface area contributed by atoms with Gasteiger partial charge in [-0.05, 0) is 32.6 Å². The van der Waals surface area contributed by atoms with Crippen LogP contribution in [0.3, 0.4) is 0 Å². The Morgan fingerprint density at radius 3 is 2.41 bits per heavy atom. The van der Waals surface area contributed by atoms with Crippen molar-refractivity contribution in [2.24, 2.45) is 17.8 Å². The fourth-order valence-electron chi connectivity index (χ4n) is 2.34. The topological polar surface area (TPSA) is 66.4 Å². The second-order valence-electron chi connectivity index (χ2n) is 5.15. The van der Waals surface area contributed by atoms with E-state index in [-0.39, 0.29) is 11.8 Å². The number of amides is 1. The molecule has 1 fully saturated rings. The Balaban J connectivity index is 2.55. The summed E-state index contributed by atoms with van der Waals surface area (Å²) >= 11 is 0. The van der Waals surface area contributed by atoms with Gasteiger partial charge < -0.3 is 10.4 Å². The molecule has 0 bridgehead atoms. The van der Waals surface area contributed by atoms with Gasteiger partial charge in [0, 0.05) is 6.54 Å². The Kier molecular flexibility index (Phi) is 4.73. The van der Waals surface area contributed by atoms with Gasteiger partial charge in [0.25, 0.3) is 0 Å². The van der Waals surface area contributed by atoms with Gasteiger partial charge in [0.2, 0.25) is 5.91 Å². The zero-order chi connectivity index (χ0) is 13.0. The summed E-state index contributed by atoms with van der Waals surface area (Å²) in [5.41, 5.74) is 1.14. The molecule has 1 saturated carbocycles. The number of hydrogen-bond donors (Lipinski definition) is 2. The van der Waals surface area contributed by atoms with Gasteiger partial charge in [0.1, 0.15) is 0 Å². The maximum absolute atomic E-state index is 11.9. The summed E-state index contributed by atoms with van der Waals surface area (Å²) in [6.07, 6.45) is 3.21. The van der Waals surface area contributed by atoms with Crippen LogP contribution in [0.25, 0.3) is 0 Å². The van der Waals surface area contributed by atoms with E-state index >= 15 is 0 Å². The van der Waals surface area contributed by atoms with E-state index in [0.717, 1.165) is 5.57 Å². The molecule has 0 saturated heterocycles. The highest BCUT2D eigenvalue weighted by Crippen LogP contribution is 2.36. The van der Waals surface area contributed by atoms with Crippen molar-refractivity contribution in [2.75, 3.05) is 6.54 Å². The van der Waals surface area contributed by atoms with Crippen LogP contribution in [0, 0.1) is 17.8 Å². The van der Waals surface area contributed by atoms with Crippen LogP contribution in [-0.2, 0) is 9.59 Å². The van der Waals surface area contributed by atoms with Crippen molar-refractivity contribution in [1.29, 1.82) is 0 Å². The van der Waals surface area contributed by atoms with Gasteiger partial charge in [-0.15, -0.1) is 0 Å². The van der Waals surface area contributed by atoms with Gasteiger partial charge in [0.05, 0.1) is 11.8 Å². The third-order valence-corrected chi connectivity index (χ3v) is 3.24. The highest BCUT2D eigenvalue weighted by Gasteiger charge is 2.40. The summed E-state index contributed by atoms with van der Waals surface area (Å²) in [6, 6.07) is 0. The maximum Gasteiger partial charge on any atom is 0.307 e. The molecule has 1 amide bonds. The summed E-state index contributed by atoms with van der Waals surface area (Å²) in [5, 5.41) is 11.9. The lowest BCUT2D eigenvalue weighted by Crippen LogP contribution is -2.35. The average Bonchev–Trinajstić information content (AvgIpc) is 2.59. The molecule has 0 aromatic rings. The minimum absolute atomic E-state index is 0.126. The van der Waals surface area contributed by atoms with E-state index in [2.05, 4.69) is 5.32 Å². The molecular formula is C13H21NO3. The lowest BCUT2D eigenvalue weighted by atomic mass is 9.95. The Bertz CT molecular complexity index is 332. The zero-order valence-electron chi connectivity index (χ0n) is 10.7. The Labute approximate surface area is 102 Å². The number of carbonyl (C=O) groups is 2. The fourth-order valence-corrected chi connectivity index (χ4v) is 2.34. The van der Waals surface area contributed by atoms with Crippen LogP contribution in [0.15, 0.2) is 11.6 Å². The molecule has 3 unspecified atom stereocenters. The number of aliphatic carboxylic acids is 1. The molecule has 4 nitrogen and oxygen atoms in total. The van der Waals surface area contributed by atoms with Crippen molar-refractivity contribution in [3.05, 3.63) is 11.6 Å². The first-order valence-corrected chi connectivity index (χ1v) is 6.05. The highest BCUT2D eigenvalue weighted by atomic mass is 16.4. The quantitative estimate of drug-likeness (QED) is 0.735. The first kappa shape index (κ1) is 13.7. The Morgan fingerprint density at radius 1 is 1.29 bits per heavy atom. The van der Waals surface area contributed by atoms with Crippen molar-refractivity contribution in [3.63, 3.8) is 0 Å². The van der Waals surface area contributed by atoms with Gasteiger partial charge in [-0.2, -0.15) is 0 Å². The third-order valence-electron chi connectivity index (χ3n) is 3.24. The molecule has 2 N–H and O–H groups in total. The summed E-state index contributed by atoms with van der Waals surface area (Å²) in [5.74, 6) is -1.55. The molecule has 0 aliphatic heterocycles. The predicted octanol–water partition coefficient (Wildman–Crippen LogP) is 1.82. The first-order chi connectivity index (χ1) is 7.91. The third kappa shape index (κ3) is 3.88. The number of allylic oxidation sites excluding steroid dienone is 1. The van der Waals surface area contributed by atoms with E-state index in [1.54, 1.807) is 0 Å². The van der Waals surface area contributed by atoms with Crippen LogP contribution in [0.5, 0.6) is 0 Å². The number of hydrogen-bond acceptors (Lipinski definition) is 2. The number of carbonyl (C=O) groups excluding carboxylic acids is 1. The minimum Gasteiger partial charge on any atom is -0.481 e. The molecule has 1 aliphatic carbocycles. The largest absolute Gasteiger partial charge is 0.481 e. The molecule has 1 rings (SSSR count). The van der Waals surface area contributed by atoms with Gasteiger partial charge in [-0.3, -0.25) is 9.59 Å². The molecule has 96 valence electrons. The lowest BCUT2D eigenvalue weighted by Gasteiger charge is -2.14. The van der Waals surface area contributed by atoms with E-state index in [1.165, 1.54) is 0 Å². The van der Waals surface area contributed by atoms with Gasteiger partial charge in [-0.1, -0.05) is 18.6 Å². The molecule has 0 aromatic carbocycles. The van der Waals surface area contributed by atoms with Crippen LogP contribution in [-0.4, -0.2) is 23.5 Å². The molecule has 0 spiro atoms. The van der Waals surface area contributed by atoms with Gasteiger partial charge in [-0.25, -0.2) is 0 Å². The highest BCUT2D eigenvalue weighted by molar-refractivity contribution is 5.85. The van der Waals surface area contributed by atoms with Crippen LogP contribution < -0.4 is 5.32 Å². The number of carboxylic acids is 1. The van der Waals surface area contributed by atoms with Crippen molar-refractivity contribution >= 4 is 11.9 Å². The maximum atomic E-state index is 11.9. The number of nitrogens with one attached hydrogen (secondary N) is 1. The summed E-state index contributed by atoms with van der Waals surface area (Å²) < 4.78 is 0. The fraction of sp³-hybridized carbons (Fsp3) is 0.692. The molecular weight excluding hydrogens is 218 g/mol. The van der Waals surface area contributed by atoms with E-state index in [9.17, 15) is 9.59 Å². The smallest absolute Gasteiger partial charge is 0.307 e. The van der Waals surface area contributed by atoms with E-state index < -0.39 is 11.9 Å². The molecule has 4 heteroatoms. The van der Waals surface area contributed by atoms with Crippen molar-refractivity contribution in [1.82, 2.24) is 5.32 Å². The summed E-state index contributed by atoms with van der Waals surface area (Å²) in [6.45, 7) is 6.41. The molecule has 0 radical (unpaired) electrons. The van der Waals surface area contributed by atoms with E-state index in [1.807, 2.05) is 26.8 Å². The van der Waals surface area contributed by atoms with E-state index in [4.69, 9.17) is 5.11 Å². The van der Waals surface area contributed by atoms with E-state index in [0.29, 0.717) is 25.3 Å². The summed E-state index contributed by atoms with van der Waals surface area (Å²) in [4.78, 5) is 22.9. The second kappa shape index (κ2) is 5.84. The average molecular weight is 239 g/mol. The van der Waals surface area contributed by atoms with Crippen molar-refractivity contribution in [2.45, 2.75) is 33.6 Å². The van der Waals surface area contributed by atoms with Crippen molar-refractivity contribution in [3.8, 4) is 0 Å². The predicted molar refractivity (Wildman–Crippen MR) is 65.5 cm³/mol. The first-order valence-electron chi connectivity index (χ1n) is 6.05. The van der Waals surface area contributed by atoms with Gasteiger partial charge in [0.15, 0.2) is 0 Å². The second-order valence-corrected chi connectivity index (χ2v) is 5.15. The normalized spacial score (nSPS) is 27.6. The van der Waals surface area contributed by atoms with Crippen molar-refractivity contribution < 1.29 is 14.7 Å². The Morgan fingerprint density at radius 2 is 1.88 bits per heavy atom. The summed E-state index contributed by atoms with van der Waals surface area (Å²) in [7, 11) is 0. The SMILES string of the molecule is CC(C)=CCNC(=O)C1CC(C)CC1C(=O)O. The van der Waals surface area contributed by atoms with Crippen LogP contribution in [0.1, 0.15) is 33.6 Å². The molecule has 0 aromatic heterocycles. The zero-order valence-corrected chi connectivity index (χ0v) is 10.7. The van der Waals surface area contributed by atoms with Crippen LogP contribution >= 0.6 is 0 Å². The van der Waals surface area contributed by atoms with Gasteiger partial charge >= 0.3 is 5.97 Å². The van der Waals surface area contributed by atoms with Crippen LogP contribution in [0.4, 0.5) is 0 Å². The lowest BCUT2D eigenvalue weighted by molar-refractivity contribution is -0.146. The standard InChI is InChI=1S/C13H21NO3/c1-8(2)4-5-14-12(15)10-6-9(3)7-11(10)13(16)17/h4,9-11H,5-7H2,1-3H3,(H,14,15)(H,16,17).